The molecule has 4 aromatic heterocycles. The van der Waals surface area contributed by atoms with Crippen molar-refractivity contribution >= 4 is 33.7 Å². The van der Waals surface area contributed by atoms with E-state index in [1.54, 1.807) is 29.6 Å². The summed E-state index contributed by atoms with van der Waals surface area (Å²) in [6.45, 7) is 18.1. The van der Waals surface area contributed by atoms with E-state index >= 15 is 0 Å². The number of rotatable bonds is 6. The molecule has 7 nitrogen and oxygen atoms in total. The van der Waals surface area contributed by atoms with E-state index in [0.29, 0.717) is 23.0 Å². The van der Waals surface area contributed by atoms with Crippen molar-refractivity contribution in [3.63, 3.8) is 0 Å². The molecule has 0 aliphatic carbocycles. The fraction of sp³-hybridized carbons (Fsp3) is 0.111. The van der Waals surface area contributed by atoms with E-state index in [0.717, 1.165) is 20.8 Å². The Hall–Kier alpha value is -5.02. The molecule has 0 saturated heterocycles. The van der Waals surface area contributed by atoms with E-state index in [-0.39, 0.29) is 17.4 Å². The number of hydrogen-bond donors (Lipinski definition) is 0. The van der Waals surface area contributed by atoms with Crippen LogP contribution in [0, 0.1) is 35.8 Å². The van der Waals surface area contributed by atoms with Crippen molar-refractivity contribution in [1.29, 1.82) is 10.5 Å². The fourth-order valence-corrected chi connectivity index (χ4v) is 4.63. The second-order valence-corrected chi connectivity index (χ2v) is 8.73. The molecule has 4 aromatic rings. The Morgan fingerprint density at radius 1 is 1.00 bits per heavy atom. The van der Waals surface area contributed by atoms with Crippen LogP contribution >= 0.6 is 11.3 Å². The van der Waals surface area contributed by atoms with Crippen LogP contribution in [0.3, 0.4) is 0 Å². The molecule has 0 aliphatic rings. The van der Waals surface area contributed by atoms with Crippen molar-refractivity contribution in [2.45, 2.75) is 19.9 Å². The Morgan fingerprint density at radius 2 is 1.69 bits per heavy atom. The molecule has 168 valence electrons. The summed E-state index contributed by atoms with van der Waals surface area (Å²) in [4.78, 5) is 7.23. The highest BCUT2D eigenvalue weighted by atomic mass is 32.1. The van der Waals surface area contributed by atoms with Crippen LogP contribution in [0.25, 0.3) is 54.2 Å². The van der Waals surface area contributed by atoms with Gasteiger partial charge in [-0.3, -0.25) is 0 Å². The summed E-state index contributed by atoms with van der Waals surface area (Å²) >= 11 is 1.59. The second-order valence-electron chi connectivity index (χ2n) is 7.65. The van der Waals surface area contributed by atoms with Crippen molar-refractivity contribution < 1.29 is 8.83 Å². The number of hydrogen-bond acceptors (Lipinski definition) is 5. The van der Waals surface area contributed by atoms with Gasteiger partial charge in [0.15, 0.2) is 5.76 Å². The zero-order chi connectivity index (χ0) is 24.9. The smallest absolute Gasteiger partial charge is 0.265 e. The third kappa shape index (κ3) is 4.70. The maximum atomic E-state index is 8.96. The van der Waals surface area contributed by atoms with Crippen LogP contribution in [0.5, 0.6) is 0 Å². The first-order valence-corrected chi connectivity index (χ1v) is 11.3. The molecule has 0 N–H and O–H groups in total. The Bertz CT molecular complexity index is 1640. The Kier molecular flexibility index (Phi) is 6.52. The molecule has 8 heteroatoms. The van der Waals surface area contributed by atoms with Gasteiger partial charge in [-0.25, -0.2) is 20.2 Å². The lowest BCUT2D eigenvalue weighted by Crippen LogP contribution is -2.01. The van der Waals surface area contributed by atoms with Gasteiger partial charge in [0.05, 0.1) is 46.1 Å². The van der Waals surface area contributed by atoms with Crippen molar-refractivity contribution in [2.75, 3.05) is 0 Å². The highest BCUT2D eigenvalue weighted by Crippen LogP contribution is 2.40. The van der Waals surface area contributed by atoms with Crippen molar-refractivity contribution in [3.05, 3.63) is 94.3 Å². The predicted molar refractivity (Wildman–Crippen MR) is 135 cm³/mol. The Balaban J connectivity index is 1.68. The molecule has 0 radical (unpaired) electrons. The van der Waals surface area contributed by atoms with E-state index in [1.165, 1.54) is 12.2 Å². The summed E-state index contributed by atoms with van der Waals surface area (Å²) < 4.78 is 15.1. The van der Waals surface area contributed by atoms with Gasteiger partial charge in [0, 0.05) is 6.04 Å². The SMILES string of the molecule is [C-]#[N+]/C(C#N)=C\C=C\c1ccc(-c2cc3sc(-c4ccc(/C=C(\C#N)[N+]#[C-])o4)cc3n2C(C)C)o1. The van der Waals surface area contributed by atoms with Gasteiger partial charge in [0.25, 0.3) is 11.4 Å². The summed E-state index contributed by atoms with van der Waals surface area (Å²) in [5, 5.41) is 17.8. The molecule has 0 atom stereocenters. The number of furan rings is 2. The molecular weight excluding hydrogens is 458 g/mol. The van der Waals surface area contributed by atoms with E-state index in [9.17, 15) is 0 Å². The summed E-state index contributed by atoms with van der Waals surface area (Å²) in [5.74, 6) is 2.46. The maximum Gasteiger partial charge on any atom is 0.265 e. The van der Waals surface area contributed by atoms with Gasteiger partial charge in [-0.15, -0.1) is 11.3 Å². The van der Waals surface area contributed by atoms with E-state index in [1.807, 2.05) is 30.3 Å². The Labute approximate surface area is 206 Å². The molecule has 0 bridgehead atoms. The van der Waals surface area contributed by atoms with Crippen LogP contribution < -0.4 is 0 Å². The van der Waals surface area contributed by atoms with Crippen molar-refractivity contribution in [3.8, 4) is 34.2 Å². The van der Waals surface area contributed by atoms with Crippen LogP contribution in [-0.2, 0) is 0 Å². The molecule has 35 heavy (non-hydrogen) atoms. The largest absolute Gasteiger partial charge is 0.457 e. The van der Waals surface area contributed by atoms with Gasteiger partial charge in [-0.1, -0.05) is 6.08 Å². The number of thiophene rings is 1. The standard InChI is InChI=1S/C27H17N5O2S/c1-17(2)32-22(24-10-8-20(33-24)7-5-6-18(15-28)30-3)13-26-23(32)14-27(35-26)25-11-9-21(34-25)12-19(16-29)31-4/h5-14,17H,1-2H3/b7-5+,18-6-,19-12+. The first kappa shape index (κ1) is 23.1. The molecular formula is C27H17N5O2S. The first-order chi connectivity index (χ1) is 17.0. The minimum absolute atomic E-state index is 0.00866. The van der Waals surface area contributed by atoms with Gasteiger partial charge in [-0.2, -0.15) is 0 Å². The van der Waals surface area contributed by atoms with Gasteiger partial charge in [-0.05, 0) is 68.5 Å². The van der Waals surface area contributed by atoms with E-state index in [2.05, 4.69) is 40.2 Å². The number of nitrogens with zero attached hydrogens (tertiary/aromatic N) is 5. The number of aromatic nitrogens is 1. The van der Waals surface area contributed by atoms with Gasteiger partial charge < -0.3 is 13.4 Å². The quantitative estimate of drug-likeness (QED) is 0.161. The zero-order valence-corrected chi connectivity index (χ0v) is 19.6. The summed E-state index contributed by atoms with van der Waals surface area (Å²) in [6, 6.07) is 15.3. The summed E-state index contributed by atoms with van der Waals surface area (Å²) in [7, 11) is 0. The third-order valence-electron chi connectivity index (χ3n) is 5.06. The highest BCUT2D eigenvalue weighted by Gasteiger charge is 2.19. The van der Waals surface area contributed by atoms with Gasteiger partial charge in [0.1, 0.15) is 17.3 Å². The predicted octanol–water partition coefficient (Wildman–Crippen LogP) is 7.93. The molecule has 4 heterocycles. The lowest BCUT2D eigenvalue weighted by atomic mass is 10.3. The van der Waals surface area contributed by atoms with E-state index in [4.69, 9.17) is 32.5 Å². The molecule has 0 aromatic carbocycles. The van der Waals surface area contributed by atoms with Crippen molar-refractivity contribution in [2.24, 2.45) is 0 Å². The summed E-state index contributed by atoms with van der Waals surface area (Å²) in [6.07, 6.45) is 6.21. The molecule has 4 rings (SSSR count). The topological polar surface area (TPSA) is 87.5 Å². The molecule has 0 spiro atoms. The van der Waals surface area contributed by atoms with Crippen LogP contribution in [0.2, 0.25) is 0 Å². The monoisotopic (exact) mass is 475 g/mol. The van der Waals surface area contributed by atoms with Crippen LogP contribution in [-0.4, -0.2) is 4.57 Å². The molecule has 0 saturated carbocycles. The molecule has 0 amide bonds. The Morgan fingerprint density at radius 3 is 2.37 bits per heavy atom. The van der Waals surface area contributed by atoms with Gasteiger partial charge in [0.2, 0.25) is 0 Å². The lowest BCUT2D eigenvalue weighted by molar-refractivity contribution is 0.553. The first-order valence-electron chi connectivity index (χ1n) is 10.5. The van der Waals surface area contributed by atoms with Crippen molar-refractivity contribution in [1.82, 2.24) is 4.57 Å². The van der Waals surface area contributed by atoms with Crippen LogP contribution in [0.1, 0.15) is 31.4 Å². The normalized spacial score (nSPS) is 12.1. The van der Waals surface area contributed by atoms with E-state index < -0.39 is 0 Å². The summed E-state index contributed by atoms with van der Waals surface area (Å²) in [5.41, 5.74) is 1.98. The average molecular weight is 476 g/mol. The molecule has 0 aliphatic heterocycles. The van der Waals surface area contributed by atoms with Gasteiger partial charge >= 0.3 is 0 Å². The number of allylic oxidation sites excluding steroid dienone is 4. The lowest BCUT2D eigenvalue weighted by Gasteiger charge is -2.12. The highest BCUT2D eigenvalue weighted by molar-refractivity contribution is 7.22. The average Bonchev–Trinajstić information content (AvgIpc) is 3.63. The second kappa shape index (κ2) is 9.86. The molecule has 0 unspecified atom stereocenters. The number of nitriles is 2. The number of fused-ring (bicyclic) bond motifs is 1. The minimum Gasteiger partial charge on any atom is -0.457 e. The maximum absolute atomic E-state index is 8.96. The van der Waals surface area contributed by atoms with Crippen LogP contribution in [0.15, 0.2) is 68.8 Å². The zero-order valence-electron chi connectivity index (χ0n) is 18.8. The fourth-order valence-electron chi connectivity index (χ4n) is 3.58. The minimum atomic E-state index is -0.0290. The third-order valence-corrected chi connectivity index (χ3v) is 6.14. The molecule has 0 fully saturated rings. The van der Waals surface area contributed by atoms with Crippen LogP contribution in [0.4, 0.5) is 0 Å².